The first-order valence-corrected chi connectivity index (χ1v) is 17.8. The lowest BCUT2D eigenvalue weighted by atomic mass is 9.90. The number of aliphatic imine (C=N–C) groups is 1. The van der Waals surface area contributed by atoms with E-state index in [9.17, 15) is 0 Å². The van der Waals surface area contributed by atoms with E-state index in [1.54, 1.807) is 0 Å². The number of ether oxygens (including phenoxy) is 1. The van der Waals surface area contributed by atoms with Gasteiger partial charge in [0.15, 0.2) is 0 Å². The summed E-state index contributed by atoms with van der Waals surface area (Å²) in [6, 6.07) is 55.5. The van der Waals surface area contributed by atoms with Gasteiger partial charge in [-0.1, -0.05) is 150 Å². The molecular formula is C49H40N2O. The maximum atomic E-state index is 6.24. The first-order valence-electron chi connectivity index (χ1n) is 17.8. The molecule has 1 aliphatic rings. The average Bonchev–Trinajstić information content (AvgIpc) is 3.80. The van der Waals surface area contributed by atoms with Gasteiger partial charge in [0.2, 0.25) is 0 Å². The van der Waals surface area contributed by atoms with Gasteiger partial charge in [-0.25, -0.2) is 4.99 Å². The second-order valence-corrected chi connectivity index (χ2v) is 13.7. The largest absolute Gasteiger partial charge is 0.457 e. The van der Waals surface area contributed by atoms with Crippen LogP contribution in [0.4, 0.5) is 0 Å². The van der Waals surface area contributed by atoms with E-state index in [1.165, 1.54) is 22.3 Å². The van der Waals surface area contributed by atoms with Crippen molar-refractivity contribution < 1.29 is 4.74 Å². The predicted octanol–water partition coefficient (Wildman–Crippen LogP) is 12.7. The number of nitrogens with one attached hydrogen (secondary N) is 1. The number of aromatic nitrogens is 1. The number of aryl methyl sites for hydroxylation is 4. The highest BCUT2D eigenvalue weighted by Gasteiger charge is 2.26. The van der Waals surface area contributed by atoms with Crippen LogP contribution in [-0.4, -0.2) is 10.7 Å². The molecule has 3 heteroatoms. The number of H-pyrrole nitrogens is 1. The summed E-state index contributed by atoms with van der Waals surface area (Å²) in [7, 11) is 0. The third-order valence-electron chi connectivity index (χ3n) is 9.63. The van der Waals surface area contributed by atoms with Crippen molar-refractivity contribution in [1.82, 2.24) is 4.98 Å². The van der Waals surface area contributed by atoms with Crippen LogP contribution < -0.4 is 4.74 Å². The molecule has 6 aromatic carbocycles. The smallest absolute Gasteiger partial charge is 0.127 e. The number of hydrogen-bond donors (Lipinski definition) is 1. The SMILES string of the molecule is Cc1ccc(C2=CC(c3ccc(C)cc3)=N/C2=C(/c2ccc(Oc3ccccc3)cc2)c2[nH]c(-c3ccc(C)cc3)cc2-c2ccc(C)cc2)cc1. The van der Waals surface area contributed by atoms with Gasteiger partial charge in [0.05, 0.1) is 17.1 Å². The van der Waals surface area contributed by atoms with Gasteiger partial charge in [-0.3, -0.25) is 0 Å². The monoisotopic (exact) mass is 672 g/mol. The number of benzene rings is 6. The van der Waals surface area contributed by atoms with E-state index in [-0.39, 0.29) is 0 Å². The molecule has 3 nitrogen and oxygen atoms in total. The molecule has 0 bridgehead atoms. The number of rotatable bonds is 8. The fourth-order valence-corrected chi connectivity index (χ4v) is 6.65. The Balaban J connectivity index is 1.39. The van der Waals surface area contributed by atoms with Gasteiger partial charge < -0.3 is 9.72 Å². The van der Waals surface area contributed by atoms with Crippen LogP contribution in [0.5, 0.6) is 11.5 Å². The van der Waals surface area contributed by atoms with Crippen molar-refractivity contribution >= 4 is 16.9 Å². The molecule has 8 rings (SSSR count). The number of allylic oxidation sites excluding steroid dienone is 2. The quantitative estimate of drug-likeness (QED) is 0.171. The maximum Gasteiger partial charge on any atom is 0.127 e. The highest BCUT2D eigenvalue weighted by molar-refractivity contribution is 6.20. The van der Waals surface area contributed by atoms with Crippen LogP contribution >= 0.6 is 0 Å². The molecule has 52 heavy (non-hydrogen) atoms. The van der Waals surface area contributed by atoms with E-state index < -0.39 is 0 Å². The number of hydrogen-bond acceptors (Lipinski definition) is 2. The van der Waals surface area contributed by atoms with Gasteiger partial charge >= 0.3 is 0 Å². The Morgan fingerprint density at radius 2 is 1.00 bits per heavy atom. The molecule has 1 aliphatic heterocycles. The van der Waals surface area contributed by atoms with Crippen LogP contribution in [0.3, 0.4) is 0 Å². The van der Waals surface area contributed by atoms with Crippen molar-refractivity contribution in [1.29, 1.82) is 0 Å². The highest BCUT2D eigenvalue weighted by atomic mass is 16.5. The lowest BCUT2D eigenvalue weighted by molar-refractivity contribution is 0.482. The number of nitrogens with zero attached hydrogens (tertiary/aromatic N) is 1. The van der Waals surface area contributed by atoms with Gasteiger partial charge in [0.1, 0.15) is 11.5 Å². The Hall–Kier alpha value is -6.45. The van der Waals surface area contributed by atoms with E-state index in [0.717, 1.165) is 78.8 Å². The predicted molar refractivity (Wildman–Crippen MR) is 217 cm³/mol. The van der Waals surface area contributed by atoms with Crippen molar-refractivity contribution in [3.63, 3.8) is 0 Å². The summed E-state index contributed by atoms with van der Waals surface area (Å²) in [5.74, 6) is 1.57. The second-order valence-electron chi connectivity index (χ2n) is 13.7. The lowest BCUT2D eigenvalue weighted by Gasteiger charge is -2.16. The normalized spacial score (nSPS) is 13.5. The molecule has 0 fully saturated rings. The Morgan fingerprint density at radius 3 is 1.58 bits per heavy atom. The zero-order valence-corrected chi connectivity index (χ0v) is 29.9. The summed E-state index contributed by atoms with van der Waals surface area (Å²) in [5, 5.41) is 0. The molecule has 0 saturated heterocycles. The molecule has 0 aliphatic carbocycles. The van der Waals surface area contributed by atoms with E-state index in [1.807, 2.05) is 42.5 Å². The van der Waals surface area contributed by atoms with Crippen molar-refractivity contribution in [3.05, 3.63) is 214 Å². The highest BCUT2D eigenvalue weighted by Crippen LogP contribution is 2.44. The van der Waals surface area contributed by atoms with Crippen LogP contribution in [0.15, 0.2) is 174 Å². The van der Waals surface area contributed by atoms with Crippen LogP contribution in [0, 0.1) is 27.7 Å². The van der Waals surface area contributed by atoms with Crippen LogP contribution in [0.1, 0.15) is 44.6 Å². The van der Waals surface area contributed by atoms with E-state index in [4.69, 9.17) is 9.73 Å². The summed E-state index contributed by atoms with van der Waals surface area (Å²) in [5.41, 5.74) is 17.5. The van der Waals surface area contributed by atoms with Gasteiger partial charge in [-0.15, -0.1) is 0 Å². The fraction of sp³-hybridized carbons (Fsp3) is 0.0816. The molecule has 252 valence electrons. The van der Waals surface area contributed by atoms with E-state index >= 15 is 0 Å². The van der Waals surface area contributed by atoms with Crippen LogP contribution in [0.25, 0.3) is 33.5 Å². The minimum absolute atomic E-state index is 0.773. The summed E-state index contributed by atoms with van der Waals surface area (Å²) in [6.45, 7) is 8.50. The number of para-hydroxylation sites is 1. The Morgan fingerprint density at radius 1 is 0.500 bits per heavy atom. The topological polar surface area (TPSA) is 37.4 Å². The van der Waals surface area contributed by atoms with Crippen LogP contribution in [-0.2, 0) is 0 Å². The van der Waals surface area contributed by atoms with Gasteiger partial charge in [-0.2, -0.15) is 0 Å². The molecule has 0 spiro atoms. The number of aromatic amines is 1. The van der Waals surface area contributed by atoms with Gasteiger partial charge in [0.25, 0.3) is 0 Å². The summed E-state index contributed by atoms with van der Waals surface area (Å²) >= 11 is 0. The minimum Gasteiger partial charge on any atom is -0.457 e. The fourth-order valence-electron chi connectivity index (χ4n) is 6.65. The summed E-state index contributed by atoms with van der Waals surface area (Å²) in [6.07, 6.45) is 2.24. The van der Waals surface area contributed by atoms with Crippen molar-refractivity contribution in [3.8, 4) is 33.9 Å². The molecule has 1 N–H and O–H groups in total. The molecule has 0 atom stereocenters. The van der Waals surface area contributed by atoms with Crippen molar-refractivity contribution in [2.24, 2.45) is 4.99 Å². The molecule has 0 amide bonds. The Labute approximate surface area is 306 Å². The first-order chi connectivity index (χ1) is 25.4. The molecule has 0 saturated carbocycles. The van der Waals surface area contributed by atoms with E-state index in [0.29, 0.717) is 0 Å². The Kier molecular flexibility index (Phi) is 8.84. The molecule has 2 heterocycles. The lowest BCUT2D eigenvalue weighted by Crippen LogP contribution is -1.98. The summed E-state index contributed by atoms with van der Waals surface area (Å²) in [4.78, 5) is 9.42. The molecule has 7 aromatic rings. The third-order valence-corrected chi connectivity index (χ3v) is 9.63. The van der Waals surface area contributed by atoms with Crippen molar-refractivity contribution in [2.75, 3.05) is 0 Å². The molecule has 1 aromatic heterocycles. The van der Waals surface area contributed by atoms with Crippen LogP contribution in [0.2, 0.25) is 0 Å². The zero-order chi connectivity index (χ0) is 35.6. The molecular weight excluding hydrogens is 633 g/mol. The van der Waals surface area contributed by atoms with Gasteiger partial charge in [0, 0.05) is 28.0 Å². The third kappa shape index (κ3) is 6.82. The van der Waals surface area contributed by atoms with Gasteiger partial charge in [-0.05, 0) is 86.4 Å². The molecule has 0 radical (unpaired) electrons. The minimum atomic E-state index is 0.773. The second kappa shape index (κ2) is 14.0. The first kappa shape index (κ1) is 32.7. The zero-order valence-electron chi connectivity index (χ0n) is 29.9. The maximum absolute atomic E-state index is 6.24. The molecule has 0 unspecified atom stereocenters. The Bertz CT molecular complexity index is 2440. The van der Waals surface area contributed by atoms with E-state index in [2.05, 4.69) is 154 Å². The standard InChI is InChI=1S/C49H40N2O/c1-32-10-18-36(19-11-32)43-30-45(38-22-14-34(3)15-23-38)50-48(43)47(40-26-28-42(29-27-40)52-41-8-6-5-7-9-41)49-44(37-20-12-33(2)13-21-37)31-46(51-49)39-24-16-35(4)17-25-39/h5-31,50H,1-4H3/b49-47-. The summed E-state index contributed by atoms with van der Waals surface area (Å²) < 4.78 is 6.24. The average molecular weight is 673 g/mol. The van der Waals surface area contributed by atoms with Crippen molar-refractivity contribution in [2.45, 2.75) is 27.7 Å².